The topological polar surface area (TPSA) is 91.4 Å². The number of carbonyl (C=O) groups excluding carboxylic acids is 1. The fourth-order valence-electron chi connectivity index (χ4n) is 3.68. The first-order chi connectivity index (χ1) is 15.3. The van der Waals surface area contributed by atoms with Gasteiger partial charge in [0, 0.05) is 31.9 Å². The molecule has 2 fully saturated rings. The van der Waals surface area contributed by atoms with Crippen molar-refractivity contribution in [3.05, 3.63) is 51.6 Å². The largest absolute Gasteiger partial charge is 0.357 e. The third-order valence-electron chi connectivity index (χ3n) is 5.65. The van der Waals surface area contributed by atoms with E-state index in [4.69, 9.17) is 23.2 Å². The molecule has 2 aromatic rings. The molecule has 10 heteroatoms. The summed E-state index contributed by atoms with van der Waals surface area (Å²) in [5.74, 6) is 0.465. The highest BCUT2D eigenvalue weighted by Crippen LogP contribution is 2.30. The highest BCUT2D eigenvalue weighted by Gasteiger charge is 2.30. The number of pyridine rings is 1. The highest BCUT2D eigenvalue weighted by atomic mass is 35.5. The number of hydrogen-bond acceptors (Lipinski definition) is 5. The molecule has 7 nitrogen and oxygen atoms in total. The van der Waals surface area contributed by atoms with Crippen molar-refractivity contribution in [2.24, 2.45) is 0 Å². The molecule has 1 aliphatic carbocycles. The van der Waals surface area contributed by atoms with Crippen LogP contribution in [0.4, 0.5) is 5.82 Å². The molecule has 0 spiro atoms. The number of nitrogens with zero attached hydrogens (tertiary/aromatic N) is 2. The van der Waals surface area contributed by atoms with Crippen LogP contribution >= 0.6 is 23.2 Å². The summed E-state index contributed by atoms with van der Waals surface area (Å²) in [4.78, 5) is 19.4. The first-order valence-electron chi connectivity index (χ1n) is 10.8. The minimum atomic E-state index is -3.82. The number of carbonyl (C=O) groups is 1. The van der Waals surface area contributed by atoms with Crippen LogP contribution in [0.3, 0.4) is 0 Å². The number of halogens is 2. The number of amides is 1. The van der Waals surface area contributed by atoms with Crippen molar-refractivity contribution in [1.82, 2.24) is 15.0 Å². The van der Waals surface area contributed by atoms with Gasteiger partial charge in [0.05, 0.1) is 15.6 Å². The van der Waals surface area contributed by atoms with E-state index in [9.17, 15) is 13.2 Å². The van der Waals surface area contributed by atoms with Crippen molar-refractivity contribution in [1.29, 1.82) is 0 Å². The van der Waals surface area contributed by atoms with E-state index >= 15 is 0 Å². The fourth-order valence-corrected chi connectivity index (χ4v) is 5.84. The quantitative estimate of drug-likeness (QED) is 0.600. The van der Waals surface area contributed by atoms with Crippen molar-refractivity contribution in [3.63, 3.8) is 0 Å². The van der Waals surface area contributed by atoms with Crippen LogP contribution in [0.25, 0.3) is 0 Å². The van der Waals surface area contributed by atoms with Gasteiger partial charge >= 0.3 is 0 Å². The number of nitrogens with one attached hydrogen (secondary N) is 2. The minimum absolute atomic E-state index is 0.0204. The molecule has 0 bridgehead atoms. The second-order valence-electron chi connectivity index (χ2n) is 8.27. The Morgan fingerprint density at radius 2 is 1.78 bits per heavy atom. The first-order valence-corrected chi connectivity index (χ1v) is 13.1. The molecule has 172 valence electrons. The number of rotatable bonds is 7. The SMILES string of the molecule is O=C(NCc1ccc(N2CCCCCC2)nc1)c1cc(S(=O)(=O)NC2CC2)c(Cl)cc1Cl. The van der Waals surface area contributed by atoms with Gasteiger partial charge in [0.1, 0.15) is 10.7 Å². The number of anilines is 1. The predicted octanol–water partition coefficient (Wildman–Crippen LogP) is 4.14. The van der Waals surface area contributed by atoms with Gasteiger partial charge in [0.15, 0.2) is 0 Å². The normalized spacial score (nSPS) is 17.1. The summed E-state index contributed by atoms with van der Waals surface area (Å²) in [6.45, 7) is 2.27. The third-order valence-corrected chi connectivity index (χ3v) is 7.95. The van der Waals surface area contributed by atoms with Gasteiger partial charge in [0.25, 0.3) is 5.91 Å². The molecular weight excluding hydrogens is 471 g/mol. The van der Waals surface area contributed by atoms with Crippen molar-refractivity contribution >= 4 is 45.0 Å². The predicted molar refractivity (Wildman–Crippen MR) is 126 cm³/mol. The van der Waals surface area contributed by atoms with Crippen LogP contribution in [0.5, 0.6) is 0 Å². The van der Waals surface area contributed by atoms with Crippen LogP contribution in [-0.4, -0.2) is 38.4 Å². The maximum absolute atomic E-state index is 12.7. The molecule has 1 saturated heterocycles. The summed E-state index contributed by atoms with van der Waals surface area (Å²) in [5, 5.41) is 2.85. The van der Waals surface area contributed by atoms with Crippen LogP contribution in [0.2, 0.25) is 10.0 Å². The van der Waals surface area contributed by atoms with E-state index in [1.807, 2.05) is 12.1 Å². The van der Waals surface area contributed by atoms with Gasteiger partial charge in [-0.1, -0.05) is 42.1 Å². The zero-order valence-electron chi connectivity index (χ0n) is 17.6. The zero-order valence-corrected chi connectivity index (χ0v) is 19.9. The van der Waals surface area contributed by atoms with Crippen LogP contribution in [0, 0.1) is 0 Å². The Hall–Kier alpha value is -1.87. The fraction of sp³-hybridized carbons (Fsp3) is 0.455. The van der Waals surface area contributed by atoms with E-state index in [0.29, 0.717) is 0 Å². The second-order valence-corrected chi connectivity index (χ2v) is 10.8. The van der Waals surface area contributed by atoms with E-state index in [1.54, 1.807) is 6.20 Å². The van der Waals surface area contributed by atoms with Crippen molar-refractivity contribution in [2.45, 2.75) is 56.0 Å². The van der Waals surface area contributed by atoms with E-state index in [1.165, 1.54) is 37.8 Å². The summed E-state index contributed by atoms with van der Waals surface area (Å²) >= 11 is 12.3. The molecule has 32 heavy (non-hydrogen) atoms. The summed E-state index contributed by atoms with van der Waals surface area (Å²) in [6, 6.07) is 6.35. The van der Waals surface area contributed by atoms with E-state index in [2.05, 4.69) is 19.9 Å². The molecule has 2 N–H and O–H groups in total. The van der Waals surface area contributed by atoms with Gasteiger partial charge < -0.3 is 10.2 Å². The average Bonchev–Trinajstić information content (AvgIpc) is 3.59. The smallest absolute Gasteiger partial charge is 0.253 e. The monoisotopic (exact) mass is 496 g/mol. The molecule has 0 unspecified atom stereocenters. The van der Waals surface area contributed by atoms with Crippen LogP contribution in [0.15, 0.2) is 35.4 Å². The van der Waals surface area contributed by atoms with Gasteiger partial charge in [-0.25, -0.2) is 18.1 Å². The molecule has 0 radical (unpaired) electrons. The van der Waals surface area contributed by atoms with Gasteiger partial charge in [-0.3, -0.25) is 4.79 Å². The molecule has 0 atom stereocenters. The number of hydrogen-bond donors (Lipinski definition) is 2. The Labute approximate surface area is 198 Å². The summed E-state index contributed by atoms with van der Waals surface area (Å²) in [6.07, 6.45) is 8.20. The average molecular weight is 497 g/mol. The Morgan fingerprint density at radius 1 is 1.06 bits per heavy atom. The van der Waals surface area contributed by atoms with E-state index < -0.39 is 15.9 Å². The Morgan fingerprint density at radius 3 is 2.41 bits per heavy atom. The van der Waals surface area contributed by atoms with Crippen LogP contribution < -0.4 is 14.9 Å². The summed E-state index contributed by atoms with van der Waals surface area (Å²) < 4.78 is 27.7. The number of aromatic nitrogens is 1. The Bertz CT molecular complexity index is 1080. The van der Waals surface area contributed by atoms with Gasteiger partial charge in [0.2, 0.25) is 10.0 Å². The maximum atomic E-state index is 12.7. The lowest BCUT2D eigenvalue weighted by Crippen LogP contribution is -2.27. The van der Waals surface area contributed by atoms with Crippen LogP contribution in [0.1, 0.15) is 54.4 Å². The van der Waals surface area contributed by atoms with Gasteiger partial charge in [-0.15, -0.1) is 0 Å². The second kappa shape index (κ2) is 9.95. The van der Waals surface area contributed by atoms with Gasteiger partial charge in [-0.2, -0.15) is 0 Å². The molecule has 2 aliphatic rings. The first kappa shape index (κ1) is 23.3. The van der Waals surface area contributed by atoms with Crippen molar-refractivity contribution < 1.29 is 13.2 Å². The molecule has 4 rings (SSSR count). The summed E-state index contributed by atoms with van der Waals surface area (Å²) in [7, 11) is -3.82. The minimum Gasteiger partial charge on any atom is -0.357 e. The lowest BCUT2D eigenvalue weighted by molar-refractivity contribution is 0.0951. The van der Waals surface area contributed by atoms with Crippen molar-refractivity contribution in [2.75, 3.05) is 18.0 Å². The number of benzene rings is 1. The molecule has 1 amide bonds. The lowest BCUT2D eigenvalue weighted by atomic mass is 10.2. The standard InChI is InChI=1S/C22H26Cl2N4O3S/c23-18-12-19(24)20(32(30,31)27-16-6-7-16)11-17(18)22(29)26-14-15-5-8-21(25-13-15)28-9-3-1-2-4-10-28/h5,8,11-13,16,27H,1-4,6-7,9-10,14H2,(H,26,29). The number of sulfonamides is 1. The maximum Gasteiger partial charge on any atom is 0.253 e. The molecular formula is C22H26Cl2N4O3S. The molecule has 1 saturated carbocycles. The Kier molecular flexibility index (Phi) is 7.24. The lowest BCUT2D eigenvalue weighted by Gasteiger charge is -2.21. The van der Waals surface area contributed by atoms with Crippen LogP contribution in [-0.2, 0) is 16.6 Å². The molecule has 2 heterocycles. The third kappa shape index (κ3) is 5.73. The summed E-state index contributed by atoms with van der Waals surface area (Å²) in [5.41, 5.74) is 0.895. The van der Waals surface area contributed by atoms with E-state index in [0.717, 1.165) is 37.3 Å². The van der Waals surface area contributed by atoms with Crippen molar-refractivity contribution in [3.8, 4) is 0 Å². The Balaban J connectivity index is 1.43. The molecule has 1 aromatic carbocycles. The molecule has 1 aromatic heterocycles. The molecule has 1 aliphatic heterocycles. The highest BCUT2D eigenvalue weighted by molar-refractivity contribution is 7.89. The van der Waals surface area contributed by atoms with Gasteiger partial charge in [-0.05, 0) is 49.4 Å². The zero-order chi connectivity index (χ0) is 22.7. The van der Waals surface area contributed by atoms with E-state index in [-0.39, 0.29) is 33.1 Å².